The van der Waals surface area contributed by atoms with E-state index >= 15 is 0 Å². The quantitative estimate of drug-likeness (QED) is 0.426. The van der Waals surface area contributed by atoms with Crippen LogP contribution in [-0.2, 0) is 4.74 Å². The van der Waals surface area contributed by atoms with Crippen molar-refractivity contribution in [1.29, 1.82) is 0 Å². The van der Waals surface area contributed by atoms with Gasteiger partial charge >= 0.3 is 0 Å². The Hall–Kier alpha value is -1.74. The predicted octanol–water partition coefficient (Wildman–Crippen LogP) is 5.52. The van der Waals surface area contributed by atoms with Crippen LogP contribution in [-0.4, -0.2) is 41.4 Å². The van der Waals surface area contributed by atoms with Gasteiger partial charge < -0.3 is 4.74 Å². The van der Waals surface area contributed by atoms with Gasteiger partial charge in [0.25, 0.3) is 5.91 Å². The van der Waals surface area contributed by atoms with Crippen molar-refractivity contribution in [3.05, 3.63) is 58.0 Å². The number of aromatic nitrogens is 2. The highest BCUT2D eigenvalue weighted by Gasteiger charge is 2.28. The fraction of sp³-hybridized carbons (Fsp3) is 0.286. The van der Waals surface area contributed by atoms with Crippen LogP contribution in [0.1, 0.15) is 23.2 Å². The molecule has 1 aliphatic heterocycles. The van der Waals surface area contributed by atoms with E-state index in [1.165, 1.54) is 23.1 Å². The number of carbonyl (C=O) groups is 1. The van der Waals surface area contributed by atoms with Gasteiger partial charge in [-0.2, -0.15) is 0 Å². The van der Waals surface area contributed by atoms with Gasteiger partial charge in [0, 0.05) is 28.2 Å². The summed E-state index contributed by atoms with van der Waals surface area (Å²) in [5.74, 6) is -0.0883. The molecule has 8 heteroatoms. The van der Waals surface area contributed by atoms with Crippen LogP contribution < -0.4 is 4.90 Å². The van der Waals surface area contributed by atoms with Crippen molar-refractivity contribution in [3.8, 4) is 11.3 Å². The number of benzene rings is 1. The molecule has 1 fully saturated rings. The summed E-state index contributed by atoms with van der Waals surface area (Å²) in [6.07, 6.45) is 5.66. The molecule has 3 heterocycles. The van der Waals surface area contributed by atoms with Crippen molar-refractivity contribution in [1.82, 2.24) is 9.97 Å². The number of rotatable bonds is 6. The maximum atomic E-state index is 13.5. The van der Waals surface area contributed by atoms with Crippen LogP contribution in [0.3, 0.4) is 0 Å². The van der Waals surface area contributed by atoms with Gasteiger partial charge in [0.2, 0.25) is 0 Å². The lowest BCUT2D eigenvalue weighted by atomic mass is 10.2. The number of hydrogen-bond acceptors (Lipinski definition) is 6. The van der Waals surface area contributed by atoms with E-state index in [2.05, 4.69) is 20.9 Å². The fourth-order valence-electron chi connectivity index (χ4n) is 3.24. The average molecular weight is 490 g/mol. The Morgan fingerprint density at radius 1 is 1.34 bits per heavy atom. The molecule has 0 spiro atoms. The standard InChI is InChI=1S/C21H20BrN3O2S2/c1-28-19-17(5-2-10-23-19)20(26)25(12-16-4-3-11-27-16)21-24-18(13-29-21)14-6-8-15(22)9-7-14/h2,5-10,13,16H,3-4,11-12H2,1H3/t16-/m0/s1. The first kappa shape index (κ1) is 20.5. The number of carbonyl (C=O) groups excluding carboxylic acids is 1. The molecule has 0 unspecified atom stereocenters. The summed E-state index contributed by atoms with van der Waals surface area (Å²) in [4.78, 5) is 24.4. The highest BCUT2D eigenvalue weighted by Crippen LogP contribution is 2.31. The van der Waals surface area contributed by atoms with Crippen molar-refractivity contribution >= 4 is 50.1 Å². The Bertz CT molecular complexity index is 988. The van der Waals surface area contributed by atoms with Gasteiger partial charge in [-0.3, -0.25) is 9.69 Å². The zero-order chi connectivity index (χ0) is 20.2. The van der Waals surface area contributed by atoms with Gasteiger partial charge in [0.1, 0.15) is 5.03 Å². The molecule has 1 amide bonds. The van der Waals surface area contributed by atoms with Crippen LogP contribution >= 0.6 is 39.0 Å². The van der Waals surface area contributed by atoms with Crippen LogP contribution in [0.5, 0.6) is 0 Å². The van der Waals surface area contributed by atoms with E-state index in [9.17, 15) is 4.79 Å². The molecule has 5 nitrogen and oxygen atoms in total. The lowest BCUT2D eigenvalue weighted by Crippen LogP contribution is -2.37. The fourth-order valence-corrected chi connectivity index (χ4v) is 4.89. The second-order valence-electron chi connectivity index (χ2n) is 6.63. The van der Waals surface area contributed by atoms with Crippen molar-refractivity contribution < 1.29 is 9.53 Å². The summed E-state index contributed by atoms with van der Waals surface area (Å²) in [6, 6.07) is 11.6. The van der Waals surface area contributed by atoms with E-state index in [4.69, 9.17) is 9.72 Å². The van der Waals surface area contributed by atoms with Crippen molar-refractivity contribution in [2.45, 2.75) is 24.0 Å². The predicted molar refractivity (Wildman–Crippen MR) is 122 cm³/mol. The van der Waals surface area contributed by atoms with Crippen LogP contribution in [0, 0.1) is 0 Å². The monoisotopic (exact) mass is 489 g/mol. The van der Waals surface area contributed by atoms with Crippen LogP contribution in [0.2, 0.25) is 0 Å². The summed E-state index contributed by atoms with van der Waals surface area (Å²) >= 11 is 6.41. The first-order chi connectivity index (χ1) is 14.2. The number of halogens is 1. The average Bonchev–Trinajstić information content (AvgIpc) is 3.44. The molecular formula is C21H20BrN3O2S2. The highest BCUT2D eigenvalue weighted by atomic mass is 79.9. The number of thiazole rings is 1. The molecule has 1 saturated heterocycles. The second-order valence-corrected chi connectivity index (χ2v) is 9.18. The molecule has 4 rings (SSSR count). The van der Waals surface area contributed by atoms with E-state index < -0.39 is 0 Å². The first-order valence-electron chi connectivity index (χ1n) is 9.29. The Morgan fingerprint density at radius 2 is 2.17 bits per heavy atom. The van der Waals surface area contributed by atoms with E-state index in [0.717, 1.165) is 40.2 Å². The molecule has 0 radical (unpaired) electrons. The second kappa shape index (κ2) is 9.38. The number of thioether (sulfide) groups is 1. The Kier molecular flexibility index (Phi) is 6.64. The third kappa shape index (κ3) is 4.71. The van der Waals surface area contributed by atoms with Gasteiger partial charge in [0.15, 0.2) is 5.13 Å². The van der Waals surface area contributed by atoms with Gasteiger partial charge in [0.05, 0.1) is 23.9 Å². The smallest absolute Gasteiger partial charge is 0.262 e. The molecule has 0 N–H and O–H groups in total. The largest absolute Gasteiger partial charge is 0.376 e. The number of pyridine rings is 1. The number of hydrogen-bond donors (Lipinski definition) is 0. The highest BCUT2D eigenvalue weighted by molar-refractivity contribution is 9.10. The van der Waals surface area contributed by atoms with E-state index in [1.807, 2.05) is 42.0 Å². The summed E-state index contributed by atoms with van der Waals surface area (Å²) in [6.45, 7) is 1.24. The molecule has 0 bridgehead atoms. The van der Waals surface area contributed by atoms with Gasteiger partial charge in [-0.1, -0.05) is 28.1 Å². The number of ether oxygens (including phenoxy) is 1. The zero-order valence-electron chi connectivity index (χ0n) is 15.9. The molecule has 1 aliphatic rings. The maximum absolute atomic E-state index is 13.5. The number of amides is 1. The summed E-state index contributed by atoms with van der Waals surface area (Å²) in [7, 11) is 0. The third-order valence-corrected chi connectivity index (χ3v) is 6.82. The third-order valence-electron chi connectivity index (χ3n) is 4.71. The van der Waals surface area contributed by atoms with Crippen LogP contribution in [0.15, 0.2) is 57.5 Å². The lowest BCUT2D eigenvalue weighted by molar-refractivity contribution is 0.0914. The van der Waals surface area contributed by atoms with Crippen LogP contribution in [0.4, 0.5) is 5.13 Å². The Balaban J connectivity index is 1.67. The van der Waals surface area contributed by atoms with E-state index in [0.29, 0.717) is 17.2 Å². The molecule has 0 saturated carbocycles. The zero-order valence-corrected chi connectivity index (χ0v) is 19.1. The maximum Gasteiger partial charge on any atom is 0.262 e. The van der Waals surface area contributed by atoms with E-state index in [-0.39, 0.29) is 12.0 Å². The Labute approximate surface area is 186 Å². The minimum atomic E-state index is -0.0883. The van der Waals surface area contributed by atoms with Gasteiger partial charge in [-0.25, -0.2) is 9.97 Å². The van der Waals surface area contributed by atoms with Gasteiger partial charge in [-0.05, 0) is 43.4 Å². The summed E-state index contributed by atoms with van der Waals surface area (Å²) in [5, 5.41) is 3.39. The molecular weight excluding hydrogens is 470 g/mol. The molecule has 3 aromatic rings. The van der Waals surface area contributed by atoms with E-state index in [1.54, 1.807) is 17.2 Å². The normalized spacial score (nSPS) is 16.1. The summed E-state index contributed by atoms with van der Waals surface area (Å²) in [5.41, 5.74) is 2.48. The lowest BCUT2D eigenvalue weighted by Gasteiger charge is -2.23. The van der Waals surface area contributed by atoms with Crippen LogP contribution in [0.25, 0.3) is 11.3 Å². The molecule has 150 valence electrons. The molecule has 1 atom stereocenters. The minimum Gasteiger partial charge on any atom is -0.376 e. The topological polar surface area (TPSA) is 55.3 Å². The number of anilines is 1. The van der Waals surface area contributed by atoms with Crippen molar-refractivity contribution in [2.75, 3.05) is 24.3 Å². The SMILES string of the molecule is CSc1ncccc1C(=O)N(C[C@@H]1CCCO1)c1nc(-c2ccc(Br)cc2)cs1. The summed E-state index contributed by atoms with van der Waals surface area (Å²) < 4.78 is 6.83. The van der Waals surface area contributed by atoms with Crippen molar-refractivity contribution in [2.24, 2.45) is 0 Å². The molecule has 2 aromatic heterocycles. The Morgan fingerprint density at radius 3 is 2.90 bits per heavy atom. The minimum absolute atomic E-state index is 0.0355. The first-order valence-corrected chi connectivity index (χ1v) is 12.2. The van der Waals surface area contributed by atoms with Crippen molar-refractivity contribution in [3.63, 3.8) is 0 Å². The molecule has 1 aromatic carbocycles. The molecule has 0 aliphatic carbocycles. The number of nitrogens with zero attached hydrogens (tertiary/aromatic N) is 3. The molecule has 29 heavy (non-hydrogen) atoms. The van der Waals surface area contributed by atoms with Gasteiger partial charge in [-0.15, -0.1) is 23.1 Å².